The molecular weight excluding hydrogens is 288 g/mol. The van der Waals surface area contributed by atoms with Crippen molar-refractivity contribution in [3.8, 4) is 0 Å². The molecule has 0 fully saturated rings. The number of aryl methyl sites for hydroxylation is 2. The van der Waals surface area contributed by atoms with Crippen LogP contribution in [0.25, 0.3) is 5.65 Å². The van der Waals surface area contributed by atoms with Crippen LogP contribution < -0.4 is 5.43 Å². The Morgan fingerprint density at radius 2 is 2.00 bits per heavy atom. The topological polar surface area (TPSA) is 58.8 Å². The monoisotopic (exact) mass is 306 g/mol. The largest absolute Gasteiger partial charge is 0.295 e. The van der Waals surface area contributed by atoms with Crippen molar-refractivity contribution in [2.75, 3.05) is 0 Å². The number of benzene rings is 1. The van der Waals surface area contributed by atoms with E-state index in [1.54, 1.807) is 10.6 Å². The van der Waals surface area contributed by atoms with Crippen LogP contribution in [0.3, 0.4) is 0 Å². The highest BCUT2D eigenvalue weighted by Crippen LogP contribution is 2.11. The van der Waals surface area contributed by atoms with Gasteiger partial charge in [0.25, 0.3) is 5.91 Å². The summed E-state index contributed by atoms with van der Waals surface area (Å²) in [7, 11) is 0. The van der Waals surface area contributed by atoms with Crippen LogP contribution in [-0.2, 0) is 6.42 Å². The number of fused-ring (bicyclic) bond motifs is 1. The fourth-order valence-electron chi connectivity index (χ4n) is 2.48. The predicted octanol–water partition coefficient (Wildman–Crippen LogP) is 2.99. The molecule has 2 heterocycles. The number of hydrazone groups is 1. The second-order valence-electron chi connectivity index (χ2n) is 5.25. The van der Waals surface area contributed by atoms with Gasteiger partial charge in [0.05, 0.1) is 5.69 Å². The highest BCUT2D eigenvalue weighted by atomic mass is 16.2. The smallest absolute Gasteiger partial charge is 0.290 e. The highest BCUT2D eigenvalue weighted by Gasteiger charge is 2.15. The van der Waals surface area contributed by atoms with Crippen molar-refractivity contribution in [3.05, 3.63) is 71.7 Å². The van der Waals surface area contributed by atoms with Crippen LogP contribution in [-0.4, -0.2) is 21.5 Å². The number of pyridine rings is 1. The van der Waals surface area contributed by atoms with Gasteiger partial charge in [-0.25, -0.2) is 10.4 Å². The van der Waals surface area contributed by atoms with E-state index in [1.807, 2.05) is 49.5 Å². The van der Waals surface area contributed by atoms with E-state index in [1.165, 1.54) is 5.56 Å². The van der Waals surface area contributed by atoms with E-state index in [2.05, 4.69) is 27.6 Å². The first-order chi connectivity index (χ1) is 11.3. The minimum atomic E-state index is -0.253. The van der Waals surface area contributed by atoms with Crippen LogP contribution in [0, 0.1) is 6.92 Å². The summed E-state index contributed by atoms with van der Waals surface area (Å²) < 4.78 is 1.77. The van der Waals surface area contributed by atoms with Gasteiger partial charge in [0.2, 0.25) is 0 Å². The Balaban J connectivity index is 1.60. The summed E-state index contributed by atoms with van der Waals surface area (Å²) in [4.78, 5) is 16.7. The third-order valence-electron chi connectivity index (χ3n) is 3.58. The Hall–Kier alpha value is -2.95. The Bertz CT molecular complexity index is 837. The van der Waals surface area contributed by atoms with Crippen molar-refractivity contribution in [3.63, 3.8) is 0 Å². The lowest BCUT2D eigenvalue weighted by molar-refractivity contribution is 0.0948. The molecule has 0 aliphatic heterocycles. The SMILES string of the molecule is Cc1nc2ccccn2c1C(=O)N/N=C\CCc1ccccc1. The van der Waals surface area contributed by atoms with E-state index in [-0.39, 0.29) is 5.91 Å². The summed E-state index contributed by atoms with van der Waals surface area (Å²) in [5.41, 5.74) is 5.78. The molecule has 1 amide bonds. The fraction of sp³-hybridized carbons (Fsp3) is 0.167. The van der Waals surface area contributed by atoms with Gasteiger partial charge >= 0.3 is 0 Å². The third kappa shape index (κ3) is 3.45. The average molecular weight is 306 g/mol. The summed E-state index contributed by atoms with van der Waals surface area (Å²) in [6, 6.07) is 15.8. The first-order valence-corrected chi connectivity index (χ1v) is 7.55. The predicted molar refractivity (Wildman–Crippen MR) is 90.7 cm³/mol. The molecule has 5 nitrogen and oxygen atoms in total. The summed E-state index contributed by atoms with van der Waals surface area (Å²) in [5, 5.41) is 4.02. The van der Waals surface area contributed by atoms with Gasteiger partial charge in [-0.3, -0.25) is 9.20 Å². The molecule has 2 aromatic heterocycles. The molecule has 0 bridgehead atoms. The van der Waals surface area contributed by atoms with Crippen molar-refractivity contribution in [1.29, 1.82) is 0 Å². The summed E-state index contributed by atoms with van der Waals surface area (Å²) in [5.74, 6) is -0.253. The Morgan fingerprint density at radius 3 is 2.83 bits per heavy atom. The fourth-order valence-corrected chi connectivity index (χ4v) is 2.48. The lowest BCUT2D eigenvalue weighted by Crippen LogP contribution is -2.20. The van der Waals surface area contributed by atoms with E-state index >= 15 is 0 Å². The molecule has 1 aromatic carbocycles. The molecule has 3 rings (SSSR count). The number of rotatable bonds is 5. The number of hydrogen-bond donors (Lipinski definition) is 1. The molecule has 0 aliphatic carbocycles. The van der Waals surface area contributed by atoms with Crippen LogP contribution in [0.2, 0.25) is 0 Å². The van der Waals surface area contributed by atoms with Crippen molar-refractivity contribution < 1.29 is 4.79 Å². The molecule has 0 saturated carbocycles. The molecule has 5 heteroatoms. The van der Waals surface area contributed by atoms with Crippen molar-refractivity contribution in [1.82, 2.24) is 14.8 Å². The van der Waals surface area contributed by atoms with E-state index < -0.39 is 0 Å². The molecule has 23 heavy (non-hydrogen) atoms. The normalized spacial score (nSPS) is 11.2. The Kier molecular flexibility index (Phi) is 4.47. The Morgan fingerprint density at radius 1 is 1.22 bits per heavy atom. The molecule has 0 unspecified atom stereocenters. The minimum Gasteiger partial charge on any atom is -0.295 e. The van der Waals surface area contributed by atoms with Gasteiger partial charge < -0.3 is 0 Å². The molecule has 1 N–H and O–H groups in total. The van der Waals surface area contributed by atoms with Gasteiger partial charge in [-0.15, -0.1) is 0 Å². The maximum Gasteiger partial charge on any atom is 0.290 e. The molecule has 3 aromatic rings. The van der Waals surface area contributed by atoms with E-state index in [4.69, 9.17) is 0 Å². The van der Waals surface area contributed by atoms with Gasteiger partial charge in [-0.1, -0.05) is 36.4 Å². The average Bonchev–Trinajstić information content (AvgIpc) is 2.91. The van der Waals surface area contributed by atoms with Gasteiger partial charge in [0, 0.05) is 12.4 Å². The second kappa shape index (κ2) is 6.87. The summed E-state index contributed by atoms with van der Waals surface area (Å²) in [6.07, 6.45) is 5.22. The van der Waals surface area contributed by atoms with Crippen LogP contribution in [0.1, 0.15) is 28.2 Å². The number of nitrogens with one attached hydrogen (secondary N) is 1. The van der Waals surface area contributed by atoms with Gasteiger partial charge in [-0.2, -0.15) is 5.10 Å². The van der Waals surface area contributed by atoms with Crippen LogP contribution in [0.4, 0.5) is 0 Å². The zero-order valence-electron chi connectivity index (χ0n) is 12.9. The molecular formula is C18H18N4O. The zero-order chi connectivity index (χ0) is 16.1. The molecule has 0 spiro atoms. The van der Waals surface area contributed by atoms with Crippen molar-refractivity contribution in [2.45, 2.75) is 19.8 Å². The molecule has 0 aliphatic rings. The van der Waals surface area contributed by atoms with Crippen LogP contribution in [0.15, 0.2) is 59.8 Å². The van der Waals surface area contributed by atoms with E-state index in [0.717, 1.165) is 18.5 Å². The second-order valence-corrected chi connectivity index (χ2v) is 5.25. The van der Waals surface area contributed by atoms with Crippen molar-refractivity contribution >= 4 is 17.8 Å². The first kappa shape index (κ1) is 15.0. The molecule has 0 saturated heterocycles. The molecule has 0 radical (unpaired) electrons. The standard InChI is InChI=1S/C18H18N4O/c1-14-17(22-13-6-5-11-16(22)20-14)18(23)21-19-12-7-10-15-8-3-2-4-9-15/h2-6,8-9,11-13H,7,10H2,1H3,(H,21,23)/b19-12-. The number of imidazole rings is 1. The lowest BCUT2D eigenvalue weighted by atomic mass is 10.1. The molecule has 0 atom stereocenters. The van der Waals surface area contributed by atoms with Gasteiger partial charge in [0.15, 0.2) is 0 Å². The number of hydrogen-bond acceptors (Lipinski definition) is 3. The highest BCUT2D eigenvalue weighted by molar-refractivity contribution is 5.94. The minimum absolute atomic E-state index is 0.253. The maximum absolute atomic E-state index is 12.3. The molecule has 116 valence electrons. The van der Waals surface area contributed by atoms with E-state index in [0.29, 0.717) is 11.4 Å². The van der Waals surface area contributed by atoms with E-state index in [9.17, 15) is 4.79 Å². The summed E-state index contributed by atoms with van der Waals surface area (Å²) in [6.45, 7) is 1.82. The van der Waals surface area contributed by atoms with Crippen LogP contribution in [0.5, 0.6) is 0 Å². The lowest BCUT2D eigenvalue weighted by Gasteiger charge is -2.01. The number of aromatic nitrogens is 2. The number of carbonyl (C=O) groups is 1. The third-order valence-corrected chi connectivity index (χ3v) is 3.58. The number of nitrogens with zero attached hydrogens (tertiary/aromatic N) is 3. The summed E-state index contributed by atoms with van der Waals surface area (Å²) >= 11 is 0. The number of carbonyl (C=O) groups excluding carboxylic acids is 1. The Labute approximate surface area is 134 Å². The van der Waals surface area contributed by atoms with Crippen molar-refractivity contribution in [2.24, 2.45) is 5.10 Å². The zero-order valence-corrected chi connectivity index (χ0v) is 12.9. The van der Waals surface area contributed by atoms with Gasteiger partial charge in [-0.05, 0) is 37.5 Å². The van der Waals surface area contributed by atoms with Gasteiger partial charge in [0.1, 0.15) is 11.3 Å². The maximum atomic E-state index is 12.3. The number of amides is 1. The van der Waals surface area contributed by atoms with Crippen LogP contribution >= 0.6 is 0 Å². The quantitative estimate of drug-likeness (QED) is 0.582. The first-order valence-electron chi connectivity index (χ1n) is 7.55.